The Morgan fingerprint density at radius 1 is 1.47 bits per heavy atom. The molecule has 80 valence electrons. The minimum absolute atomic E-state index is 0.569. The third-order valence-corrected chi connectivity index (χ3v) is 3.09. The van der Waals surface area contributed by atoms with Crippen LogP contribution in [0.5, 0.6) is 0 Å². The van der Waals surface area contributed by atoms with Crippen molar-refractivity contribution in [1.29, 1.82) is 0 Å². The first-order valence-corrected chi connectivity index (χ1v) is 6.07. The molecule has 0 radical (unpaired) electrons. The van der Waals surface area contributed by atoms with Crippen LogP contribution in [0.1, 0.15) is 13.8 Å². The van der Waals surface area contributed by atoms with E-state index in [-0.39, 0.29) is 0 Å². The summed E-state index contributed by atoms with van der Waals surface area (Å²) >= 11 is 9.57. The van der Waals surface area contributed by atoms with E-state index >= 15 is 0 Å². The van der Waals surface area contributed by atoms with E-state index in [1.165, 1.54) is 0 Å². The fourth-order valence-electron chi connectivity index (χ4n) is 1.63. The number of hydrogen-bond donors (Lipinski definition) is 0. The molecule has 2 rings (SSSR count). The molecule has 0 aliphatic rings. The van der Waals surface area contributed by atoms with Crippen molar-refractivity contribution in [3.05, 3.63) is 27.8 Å². The number of halogens is 2. The Bertz CT molecular complexity index is 491. The highest BCUT2D eigenvalue weighted by Crippen LogP contribution is 2.30. The molecule has 0 atom stereocenters. The second-order valence-electron chi connectivity index (χ2n) is 4.00. The number of rotatable bonds is 2. The van der Waals surface area contributed by atoms with Crippen molar-refractivity contribution >= 4 is 38.4 Å². The number of aromatic nitrogens is 2. The van der Waals surface area contributed by atoms with Gasteiger partial charge in [-0.3, -0.25) is 4.68 Å². The summed E-state index contributed by atoms with van der Waals surface area (Å²) in [5, 5.41) is 6.18. The van der Waals surface area contributed by atoms with Gasteiger partial charge in [0.25, 0.3) is 0 Å². The first-order valence-electron chi connectivity index (χ1n) is 4.90. The number of nitrogens with zero attached hydrogens (tertiary/aromatic N) is 2. The summed E-state index contributed by atoms with van der Waals surface area (Å²) in [4.78, 5) is 0. The van der Waals surface area contributed by atoms with E-state index in [0.717, 1.165) is 27.1 Å². The predicted molar refractivity (Wildman–Crippen MR) is 67.3 cm³/mol. The van der Waals surface area contributed by atoms with Crippen molar-refractivity contribution in [3.63, 3.8) is 0 Å². The van der Waals surface area contributed by atoms with Gasteiger partial charge in [-0.05, 0) is 34.0 Å². The van der Waals surface area contributed by atoms with Crippen molar-refractivity contribution in [3.8, 4) is 0 Å². The quantitative estimate of drug-likeness (QED) is 0.813. The smallest absolute Gasteiger partial charge is 0.137 e. The van der Waals surface area contributed by atoms with Crippen molar-refractivity contribution < 1.29 is 0 Å². The van der Waals surface area contributed by atoms with Gasteiger partial charge in [0, 0.05) is 6.54 Å². The second kappa shape index (κ2) is 4.14. The van der Waals surface area contributed by atoms with Gasteiger partial charge < -0.3 is 0 Å². The third-order valence-electron chi connectivity index (χ3n) is 2.22. The molecule has 4 heteroatoms. The molecule has 1 aromatic carbocycles. The van der Waals surface area contributed by atoms with Crippen LogP contribution < -0.4 is 0 Å². The molecule has 0 spiro atoms. The molecule has 1 heterocycles. The van der Waals surface area contributed by atoms with E-state index in [0.29, 0.717) is 5.92 Å². The topological polar surface area (TPSA) is 17.8 Å². The highest BCUT2D eigenvalue weighted by Gasteiger charge is 2.11. The second-order valence-corrected chi connectivity index (χ2v) is 5.16. The minimum Gasteiger partial charge on any atom is -0.263 e. The van der Waals surface area contributed by atoms with Gasteiger partial charge in [0.2, 0.25) is 0 Å². The highest BCUT2D eigenvalue weighted by molar-refractivity contribution is 9.10. The molecule has 0 aliphatic heterocycles. The molecule has 2 nitrogen and oxygen atoms in total. The summed E-state index contributed by atoms with van der Waals surface area (Å²) < 4.78 is 2.82. The Morgan fingerprint density at radius 2 is 2.20 bits per heavy atom. The van der Waals surface area contributed by atoms with Crippen LogP contribution in [0, 0.1) is 5.92 Å². The summed E-state index contributed by atoms with van der Waals surface area (Å²) in [7, 11) is 0. The molecule has 0 amide bonds. The summed E-state index contributed by atoms with van der Waals surface area (Å²) in [5.41, 5.74) is 1.09. The zero-order valence-corrected chi connectivity index (χ0v) is 11.0. The molecule has 0 saturated heterocycles. The summed E-state index contributed by atoms with van der Waals surface area (Å²) in [6, 6.07) is 5.88. The standard InChI is InChI=1S/C11H12BrClN2/c1-7(2)6-15-9-5-3-4-8(13)10(9)11(12)14-15/h3-5,7H,6H2,1-2H3. The van der Waals surface area contributed by atoms with Gasteiger partial charge in [-0.25, -0.2) is 0 Å². The zero-order chi connectivity index (χ0) is 11.0. The Labute approximate surface area is 102 Å². The molecule has 0 bridgehead atoms. The van der Waals surface area contributed by atoms with Gasteiger partial charge in [0.05, 0.1) is 15.9 Å². The molecule has 0 aliphatic carbocycles. The molecule has 0 N–H and O–H groups in total. The Kier molecular flexibility index (Phi) is 3.03. The van der Waals surface area contributed by atoms with E-state index in [9.17, 15) is 0 Å². The Morgan fingerprint density at radius 3 is 2.87 bits per heavy atom. The third kappa shape index (κ3) is 2.04. The van der Waals surface area contributed by atoms with Gasteiger partial charge in [-0.15, -0.1) is 0 Å². The van der Waals surface area contributed by atoms with Gasteiger partial charge in [0.1, 0.15) is 4.60 Å². The summed E-state index contributed by atoms with van der Waals surface area (Å²) in [6.45, 7) is 5.25. The van der Waals surface area contributed by atoms with Crippen LogP contribution in [0.4, 0.5) is 0 Å². The van der Waals surface area contributed by atoms with Crippen molar-refractivity contribution in [1.82, 2.24) is 9.78 Å². The maximum atomic E-state index is 6.13. The van der Waals surface area contributed by atoms with E-state index in [2.05, 4.69) is 34.9 Å². The number of fused-ring (bicyclic) bond motifs is 1. The van der Waals surface area contributed by atoms with Crippen LogP contribution in [0.3, 0.4) is 0 Å². The van der Waals surface area contributed by atoms with Gasteiger partial charge >= 0.3 is 0 Å². The molecule has 0 unspecified atom stereocenters. The molecule has 15 heavy (non-hydrogen) atoms. The fourth-order valence-corrected chi connectivity index (χ4v) is 2.61. The van der Waals surface area contributed by atoms with Crippen molar-refractivity contribution in [2.24, 2.45) is 5.92 Å². The molecule has 2 aromatic rings. The Balaban J connectivity index is 2.63. The lowest BCUT2D eigenvalue weighted by atomic mass is 10.2. The lowest BCUT2D eigenvalue weighted by Gasteiger charge is -2.05. The van der Waals surface area contributed by atoms with E-state index in [1.807, 2.05) is 22.9 Å². The maximum absolute atomic E-state index is 6.13. The van der Waals surface area contributed by atoms with E-state index < -0.39 is 0 Å². The largest absolute Gasteiger partial charge is 0.263 e. The monoisotopic (exact) mass is 286 g/mol. The van der Waals surface area contributed by atoms with E-state index in [1.54, 1.807) is 0 Å². The van der Waals surface area contributed by atoms with Crippen LogP contribution >= 0.6 is 27.5 Å². The lowest BCUT2D eigenvalue weighted by molar-refractivity contribution is 0.493. The van der Waals surface area contributed by atoms with Crippen LogP contribution in [0.25, 0.3) is 10.9 Å². The van der Waals surface area contributed by atoms with Crippen molar-refractivity contribution in [2.75, 3.05) is 0 Å². The van der Waals surface area contributed by atoms with Crippen LogP contribution in [-0.4, -0.2) is 9.78 Å². The van der Waals surface area contributed by atoms with Crippen LogP contribution in [0.2, 0.25) is 5.02 Å². The minimum atomic E-state index is 0.569. The van der Waals surface area contributed by atoms with Crippen LogP contribution in [-0.2, 0) is 6.54 Å². The molecular weight excluding hydrogens is 275 g/mol. The average molecular weight is 288 g/mol. The predicted octanol–water partition coefficient (Wildman–Crippen LogP) is 4.11. The SMILES string of the molecule is CC(C)Cn1nc(Br)c2c(Cl)cccc21. The molecule has 0 saturated carbocycles. The summed E-state index contributed by atoms with van der Waals surface area (Å²) in [5.74, 6) is 0.569. The first kappa shape index (κ1) is 11.0. The van der Waals surface area contributed by atoms with Crippen molar-refractivity contribution in [2.45, 2.75) is 20.4 Å². The molecule has 0 fully saturated rings. The fraction of sp³-hybridized carbons (Fsp3) is 0.364. The zero-order valence-electron chi connectivity index (χ0n) is 8.67. The summed E-state index contributed by atoms with van der Waals surface area (Å²) in [6.07, 6.45) is 0. The normalized spacial score (nSPS) is 11.5. The van der Waals surface area contributed by atoms with Gasteiger partial charge in [-0.2, -0.15) is 5.10 Å². The number of hydrogen-bond acceptors (Lipinski definition) is 1. The maximum Gasteiger partial charge on any atom is 0.137 e. The average Bonchev–Trinajstić information content (AvgIpc) is 2.44. The Hall–Kier alpha value is -0.540. The first-order chi connectivity index (χ1) is 7.09. The lowest BCUT2D eigenvalue weighted by Crippen LogP contribution is -2.05. The van der Waals surface area contributed by atoms with Gasteiger partial charge in [-0.1, -0.05) is 31.5 Å². The molecule has 1 aromatic heterocycles. The molecular formula is C11H12BrClN2. The van der Waals surface area contributed by atoms with Gasteiger partial charge in [0.15, 0.2) is 0 Å². The van der Waals surface area contributed by atoms with Crippen LogP contribution in [0.15, 0.2) is 22.8 Å². The van der Waals surface area contributed by atoms with E-state index in [4.69, 9.17) is 11.6 Å². The highest BCUT2D eigenvalue weighted by atomic mass is 79.9. The number of benzene rings is 1.